The molecule has 0 bridgehead atoms. The van der Waals surface area contributed by atoms with Crippen LogP contribution < -0.4 is 10.6 Å². The minimum Gasteiger partial charge on any atom is -0.353 e. The highest BCUT2D eigenvalue weighted by atomic mass is 32.2. The predicted molar refractivity (Wildman–Crippen MR) is 105 cm³/mol. The second-order valence-electron chi connectivity index (χ2n) is 4.84. The van der Waals surface area contributed by atoms with Crippen LogP contribution in [0.1, 0.15) is 6.92 Å². The topological polar surface area (TPSA) is 82.9 Å². The zero-order chi connectivity index (χ0) is 16.5. The minimum atomic E-state index is -0.0894. The van der Waals surface area contributed by atoms with Crippen molar-refractivity contribution in [3.05, 3.63) is 0 Å². The van der Waals surface area contributed by atoms with Crippen LogP contribution in [-0.2, 0) is 9.59 Å². The Morgan fingerprint density at radius 2 is 1.65 bits per heavy atom. The van der Waals surface area contributed by atoms with Gasteiger partial charge < -0.3 is 10.6 Å². The lowest BCUT2D eigenvalue weighted by atomic mass is 10.3. The molecule has 2 aliphatic rings. The molecule has 1 atom stereocenters. The Kier molecular flexibility index (Phi) is 8.70. The lowest BCUT2D eigenvalue weighted by molar-refractivity contribution is -0.121. The van der Waals surface area contributed by atoms with Gasteiger partial charge in [-0.15, -0.1) is 0 Å². The summed E-state index contributed by atoms with van der Waals surface area (Å²) in [5, 5.41) is 5.72. The largest absolute Gasteiger partial charge is 0.353 e. The zero-order valence-corrected chi connectivity index (χ0v) is 16.1. The molecule has 0 aromatic heterocycles. The standard InChI is InChI=1S/C13H20N4O2S4/c1-9(17-11(19)8-23-13-15-3-5-21-13)6-16-10(18)7-22-12-14-2-4-20-12/h9H,2-8H2,1H3,(H,16,18)(H,17,19)/t9-/m1/s1. The highest BCUT2D eigenvalue weighted by Gasteiger charge is 2.14. The van der Waals surface area contributed by atoms with Crippen LogP contribution in [0.2, 0.25) is 0 Å². The Hall–Kier alpha value is -0.320. The van der Waals surface area contributed by atoms with Gasteiger partial charge in [-0.05, 0) is 6.92 Å². The van der Waals surface area contributed by atoms with Gasteiger partial charge in [-0.25, -0.2) is 0 Å². The quantitative estimate of drug-likeness (QED) is 0.679. The van der Waals surface area contributed by atoms with Crippen molar-refractivity contribution in [2.45, 2.75) is 13.0 Å². The second kappa shape index (κ2) is 10.5. The van der Waals surface area contributed by atoms with E-state index in [0.717, 1.165) is 33.3 Å². The van der Waals surface area contributed by atoms with Crippen LogP contribution in [0, 0.1) is 0 Å². The normalized spacial score (nSPS) is 18.3. The number of aliphatic imine (C=N–C) groups is 2. The molecule has 10 heteroatoms. The molecule has 2 aliphatic heterocycles. The van der Waals surface area contributed by atoms with E-state index in [1.165, 1.54) is 23.5 Å². The summed E-state index contributed by atoms with van der Waals surface area (Å²) >= 11 is 6.34. The van der Waals surface area contributed by atoms with E-state index in [9.17, 15) is 9.59 Å². The van der Waals surface area contributed by atoms with Gasteiger partial charge in [0.25, 0.3) is 0 Å². The van der Waals surface area contributed by atoms with E-state index in [0.29, 0.717) is 18.1 Å². The molecule has 0 saturated heterocycles. The first-order valence-corrected chi connectivity index (χ1v) is 11.2. The van der Waals surface area contributed by atoms with Gasteiger partial charge in [0, 0.05) is 24.1 Å². The van der Waals surface area contributed by atoms with E-state index < -0.39 is 0 Å². The van der Waals surface area contributed by atoms with Crippen molar-refractivity contribution >= 4 is 67.6 Å². The van der Waals surface area contributed by atoms with Crippen molar-refractivity contribution in [3.63, 3.8) is 0 Å². The summed E-state index contributed by atoms with van der Waals surface area (Å²) in [5.41, 5.74) is 0. The number of carbonyl (C=O) groups excluding carboxylic acids is 2. The number of hydrogen-bond acceptors (Lipinski definition) is 8. The molecule has 6 nitrogen and oxygen atoms in total. The van der Waals surface area contributed by atoms with E-state index in [1.54, 1.807) is 23.5 Å². The predicted octanol–water partition coefficient (Wildman–Crippen LogP) is 1.28. The van der Waals surface area contributed by atoms with Crippen LogP contribution in [0.3, 0.4) is 0 Å². The number of thioether (sulfide) groups is 4. The summed E-state index contributed by atoms with van der Waals surface area (Å²) in [4.78, 5) is 32.2. The highest BCUT2D eigenvalue weighted by Crippen LogP contribution is 2.22. The number of nitrogens with zero attached hydrogens (tertiary/aromatic N) is 2. The molecule has 0 aromatic rings. The highest BCUT2D eigenvalue weighted by molar-refractivity contribution is 8.39. The molecule has 0 saturated carbocycles. The Labute approximate surface area is 153 Å². The Balaban J connectivity index is 1.53. The second-order valence-corrected chi connectivity index (χ2v) is 9.45. The smallest absolute Gasteiger partial charge is 0.230 e. The van der Waals surface area contributed by atoms with E-state index in [-0.39, 0.29) is 17.9 Å². The van der Waals surface area contributed by atoms with Crippen molar-refractivity contribution in [2.24, 2.45) is 9.98 Å². The van der Waals surface area contributed by atoms with E-state index in [2.05, 4.69) is 20.6 Å². The molecule has 0 unspecified atom stereocenters. The van der Waals surface area contributed by atoms with E-state index in [1.807, 2.05) is 6.92 Å². The fourth-order valence-electron chi connectivity index (χ4n) is 1.75. The fraction of sp³-hybridized carbons (Fsp3) is 0.692. The van der Waals surface area contributed by atoms with Crippen LogP contribution in [-0.4, -0.2) is 69.3 Å². The first-order chi connectivity index (χ1) is 11.1. The lowest BCUT2D eigenvalue weighted by Gasteiger charge is -2.14. The molecule has 128 valence electrons. The van der Waals surface area contributed by atoms with Gasteiger partial charge in [0.15, 0.2) is 0 Å². The third-order valence-electron chi connectivity index (χ3n) is 2.78. The molecule has 2 heterocycles. The average Bonchev–Trinajstić information content (AvgIpc) is 3.22. The summed E-state index contributed by atoms with van der Waals surface area (Å²) in [6.07, 6.45) is 0. The van der Waals surface area contributed by atoms with Crippen molar-refractivity contribution in [1.29, 1.82) is 0 Å². The molecule has 0 fully saturated rings. The number of hydrogen-bond donors (Lipinski definition) is 2. The van der Waals surface area contributed by atoms with Crippen molar-refractivity contribution in [1.82, 2.24) is 10.6 Å². The molecular formula is C13H20N4O2S4. The Morgan fingerprint density at radius 1 is 1.09 bits per heavy atom. The third-order valence-corrected chi connectivity index (χ3v) is 7.29. The molecule has 0 radical (unpaired) electrons. The minimum absolute atomic E-state index is 0.0296. The number of carbonyl (C=O) groups is 2. The molecule has 0 aliphatic carbocycles. The molecule has 2 rings (SSSR count). The van der Waals surface area contributed by atoms with Gasteiger partial charge in [0.1, 0.15) is 8.75 Å². The lowest BCUT2D eigenvalue weighted by Crippen LogP contribution is -2.43. The van der Waals surface area contributed by atoms with Crippen LogP contribution in [0.5, 0.6) is 0 Å². The van der Waals surface area contributed by atoms with Crippen LogP contribution >= 0.6 is 47.0 Å². The summed E-state index contributed by atoms with van der Waals surface area (Å²) in [6.45, 7) is 4.01. The monoisotopic (exact) mass is 392 g/mol. The SMILES string of the molecule is C[C@H](CNC(=O)CSC1=NCCS1)NC(=O)CSC1=NCCS1. The van der Waals surface area contributed by atoms with Gasteiger partial charge in [-0.1, -0.05) is 47.0 Å². The van der Waals surface area contributed by atoms with Crippen LogP contribution in [0.25, 0.3) is 0 Å². The summed E-state index contributed by atoms with van der Waals surface area (Å²) in [5.74, 6) is 2.71. The van der Waals surface area contributed by atoms with Gasteiger partial charge in [0.2, 0.25) is 11.8 Å². The Morgan fingerprint density at radius 3 is 2.17 bits per heavy atom. The summed E-state index contributed by atoms with van der Waals surface area (Å²) < 4.78 is 1.98. The van der Waals surface area contributed by atoms with Crippen molar-refractivity contribution in [2.75, 3.05) is 42.6 Å². The fourth-order valence-corrected chi connectivity index (χ4v) is 5.41. The maximum absolute atomic E-state index is 11.8. The molecule has 0 aromatic carbocycles. The van der Waals surface area contributed by atoms with Gasteiger partial charge in [-0.2, -0.15) is 0 Å². The molecule has 23 heavy (non-hydrogen) atoms. The summed E-state index contributed by atoms with van der Waals surface area (Å²) in [6, 6.07) is -0.0894. The number of rotatable bonds is 7. The number of nitrogens with one attached hydrogen (secondary N) is 2. The van der Waals surface area contributed by atoms with Gasteiger partial charge in [-0.3, -0.25) is 19.6 Å². The first-order valence-electron chi connectivity index (χ1n) is 7.29. The maximum Gasteiger partial charge on any atom is 0.230 e. The zero-order valence-electron chi connectivity index (χ0n) is 12.9. The van der Waals surface area contributed by atoms with Crippen molar-refractivity contribution in [3.8, 4) is 0 Å². The Bertz CT molecular complexity index is 498. The van der Waals surface area contributed by atoms with E-state index in [4.69, 9.17) is 0 Å². The molecule has 2 N–H and O–H groups in total. The number of amides is 2. The third kappa shape index (κ3) is 7.86. The summed E-state index contributed by atoms with van der Waals surface area (Å²) in [7, 11) is 0. The van der Waals surface area contributed by atoms with Crippen LogP contribution in [0.15, 0.2) is 9.98 Å². The molecular weight excluding hydrogens is 372 g/mol. The van der Waals surface area contributed by atoms with Crippen LogP contribution in [0.4, 0.5) is 0 Å². The maximum atomic E-state index is 11.8. The van der Waals surface area contributed by atoms with Gasteiger partial charge in [0.05, 0.1) is 24.6 Å². The van der Waals surface area contributed by atoms with Crippen molar-refractivity contribution < 1.29 is 9.59 Å². The van der Waals surface area contributed by atoms with Gasteiger partial charge >= 0.3 is 0 Å². The molecule has 0 spiro atoms. The van der Waals surface area contributed by atoms with E-state index >= 15 is 0 Å². The first kappa shape index (κ1) is 19.0. The average molecular weight is 393 g/mol. The molecule has 2 amide bonds.